The lowest BCUT2D eigenvalue weighted by Crippen LogP contribution is -2.24. The fraction of sp³-hybridized carbons (Fsp3) is 0.0625. The minimum absolute atomic E-state index is 0.0695. The molecule has 25 heavy (non-hydrogen) atoms. The van der Waals surface area contributed by atoms with Gasteiger partial charge in [0.25, 0.3) is 0 Å². The van der Waals surface area contributed by atoms with Gasteiger partial charge in [0.05, 0.1) is 15.2 Å². The molecular formula is C16H12Br2ClN3O3. The topological polar surface area (TPSA) is 90.8 Å². The van der Waals surface area contributed by atoms with E-state index in [-0.39, 0.29) is 12.2 Å². The van der Waals surface area contributed by atoms with Crippen molar-refractivity contribution in [3.8, 4) is 5.75 Å². The van der Waals surface area contributed by atoms with Crippen LogP contribution in [0, 0.1) is 0 Å². The Balaban J connectivity index is 1.85. The second-order valence-corrected chi connectivity index (χ2v) is 7.00. The number of hydrogen-bond acceptors (Lipinski definition) is 4. The summed E-state index contributed by atoms with van der Waals surface area (Å²) in [6.45, 7) is 0. The molecule has 0 spiro atoms. The molecule has 2 rings (SSSR count). The first-order chi connectivity index (χ1) is 11.8. The predicted octanol–water partition coefficient (Wildman–Crippen LogP) is 4.05. The lowest BCUT2D eigenvalue weighted by Gasteiger charge is -2.04. The first-order valence-electron chi connectivity index (χ1n) is 6.90. The van der Waals surface area contributed by atoms with Gasteiger partial charge in [0.15, 0.2) is 0 Å². The Kier molecular flexibility index (Phi) is 6.98. The van der Waals surface area contributed by atoms with Crippen LogP contribution in [-0.4, -0.2) is 23.1 Å². The van der Waals surface area contributed by atoms with Gasteiger partial charge in [0, 0.05) is 10.7 Å². The molecule has 0 saturated carbocycles. The molecule has 0 aliphatic heterocycles. The van der Waals surface area contributed by atoms with Gasteiger partial charge in [-0.2, -0.15) is 5.10 Å². The molecule has 9 heteroatoms. The third-order valence-electron chi connectivity index (χ3n) is 2.89. The van der Waals surface area contributed by atoms with E-state index in [1.165, 1.54) is 6.21 Å². The number of hydrogen-bond donors (Lipinski definition) is 3. The summed E-state index contributed by atoms with van der Waals surface area (Å²) in [7, 11) is 0. The lowest BCUT2D eigenvalue weighted by atomic mass is 10.2. The summed E-state index contributed by atoms with van der Waals surface area (Å²) in [6, 6.07) is 9.80. The van der Waals surface area contributed by atoms with E-state index in [2.05, 4.69) is 47.7 Å². The van der Waals surface area contributed by atoms with Crippen LogP contribution in [0.15, 0.2) is 50.4 Å². The van der Waals surface area contributed by atoms with Gasteiger partial charge in [-0.1, -0.05) is 11.6 Å². The number of anilines is 1. The SMILES string of the molecule is O=C(CC(=O)Nc1ccc(Cl)cc1)N/N=C/c1cc(Br)c(O)c(Br)c1. The van der Waals surface area contributed by atoms with E-state index < -0.39 is 11.8 Å². The Hall–Kier alpha value is -1.90. The number of amides is 2. The number of aromatic hydroxyl groups is 1. The van der Waals surface area contributed by atoms with Gasteiger partial charge in [-0.25, -0.2) is 5.43 Å². The fourth-order valence-electron chi connectivity index (χ4n) is 1.76. The molecule has 0 aromatic heterocycles. The summed E-state index contributed by atoms with van der Waals surface area (Å²) in [6.07, 6.45) is 1.02. The molecule has 0 aliphatic carbocycles. The highest BCUT2D eigenvalue weighted by Crippen LogP contribution is 2.32. The minimum atomic E-state index is -0.556. The first kappa shape index (κ1) is 19.4. The monoisotopic (exact) mass is 487 g/mol. The van der Waals surface area contributed by atoms with Gasteiger partial charge < -0.3 is 10.4 Å². The number of benzene rings is 2. The average Bonchev–Trinajstić information content (AvgIpc) is 2.54. The Labute approximate surface area is 165 Å². The summed E-state index contributed by atoms with van der Waals surface area (Å²) in [5.74, 6) is -0.954. The second kappa shape index (κ2) is 8.98. The highest BCUT2D eigenvalue weighted by molar-refractivity contribution is 9.11. The van der Waals surface area contributed by atoms with Crippen LogP contribution in [0.4, 0.5) is 5.69 Å². The molecule has 2 aromatic rings. The number of phenolic OH excluding ortho intramolecular Hbond substituents is 1. The number of carbonyl (C=O) groups is 2. The van der Waals surface area contributed by atoms with Crippen molar-refractivity contribution in [1.29, 1.82) is 0 Å². The number of hydrazone groups is 1. The molecule has 0 unspecified atom stereocenters. The molecule has 0 aliphatic rings. The van der Waals surface area contributed by atoms with E-state index in [0.29, 0.717) is 25.2 Å². The van der Waals surface area contributed by atoms with Crippen molar-refractivity contribution in [2.45, 2.75) is 6.42 Å². The highest BCUT2D eigenvalue weighted by Gasteiger charge is 2.09. The number of nitrogens with one attached hydrogen (secondary N) is 2. The van der Waals surface area contributed by atoms with Crippen molar-refractivity contribution in [2.75, 3.05) is 5.32 Å². The summed E-state index contributed by atoms with van der Waals surface area (Å²) in [4.78, 5) is 23.5. The van der Waals surface area contributed by atoms with Crippen LogP contribution in [0.3, 0.4) is 0 Å². The molecular weight excluding hydrogens is 477 g/mol. The quantitative estimate of drug-likeness (QED) is 0.336. The molecule has 0 heterocycles. The summed E-state index contributed by atoms with van der Waals surface area (Å²) < 4.78 is 0.967. The summed E-state index contributed by atoms with van der Waals surface area (Å²) >= 11 is 12.1. The number of carbonyl (C=O) groups excluding carboxylic acids is 2. The normalized spacial score (nSPS) is 10.7. The van der Waals surface area contributed by atoms with E-state index >= 15 is 0 Å². The third kappa shape index (κ3) is 6.15. The standard InChI is InChI=1S/C16H12Br2ClN3O3/c17-12-5-9(6-13(18)16(12)25)8-20-22-15(24)7-14(23)21-11-3-1-10(19)2-4-11/h1-6,8,25H,7H2,(H,21,23)(H,22,24)/b20-8+. The van der Waals surface area contributed by atoms with Gasteiger partial charge in [0.2, 0.25) is 11.8 Å². The van der Waals surface area contributed by atoms with Crippen molar-refractivity contribution >= 4 is 67.2 Å². The molecule has 0 fully saturated rings. The van der Waals surface area contributed by atoms with Gasteiger partial charge in [-0.05, 0) is 73.8 Å². The van der Waals surface area contributed by atoms with Crippen molar-refractivity contribution in [3.05, 3.63) is 55.9 Å². The predicted molar refractivity (Wildman–Crippen MR) is 104 cm³/mol. The van der Waals surface area contributed by atoms with Crippen molar-refractivity contribution in [1.82, 2.24) is 5.43 Å². The molecule has 3 N–H and O–H groups in total. The van der Waals surface area contributed by atoms with Crippen LogP contribution in [-0.2, 0) is 9.59 Å². The zero-order valence-electron chi connectivity index (χ0n) is 12.6. The average molecular weight is 490 g/mol. The first-order valence-corrected chi connectivity index (χ1v) is 8.87. The van der Waals surface area contributed by atoms with Crippen LogP contribution < -0.4 is 10.7 Å². The van der Waals surface area contributed by atoms with Gasteiger partial charge in [-0.15, -0.1) is 0 Å². The summed E-state index contributed by atoms with van der Waals surface area (Å²) in [5, 5.41) is 16.5. The zero-order valence-corrected chi connectivity index (χ0v) is 16.5. The van der Waals surface area contributed by atoms with E-state index in [9.17, 15) is 14.7 Å². The number of rotatable bonds is 5. The van der Waals surface area contributed by atoms with Crippen molar-refractivity contribution in [3.63, 3.8) is 0 Å². The Morgan fingerprint density at radius 3 is 2.32 bits per heavy atom. The van der Waals surface area contributed by atoms with Crippen LogP contribution in [0.1, 0.15) is 12.0 Å². The lowest BCUT2D eigenvalue weighted by molar-refractivity contribution is -0.126. The third-order valence-corrected chi connectivity index (χ3v) is 4.35. The van der Waals surface area contributed by atoms with E-state index in [0.717, 1.165) is 0 Å². The number of halogens is 3. The highest BCUT2D eigenvalue weighted by atomic mass is 79.9. The van der Waals surface area contributed by atoms with E-state index in [4.69, 9.17) is 11.6 Å². The Bertz CT molecular complexity index is 803. The molecule has 0 atom stereocenters. The van der Waals surface area contributed by atoms with E-state index in [1.54, 1.807) is 36.4 Å². The molecule has 2 aromatic carbocycles. The van der Waals surface area contributed by atoms with Gasteiger partial charge in [-0.3, -0.25) is 9.59 Å². The molecule has 0 bridgehead atoms. The van der Waals surface area contributed by atoms with Gasteiger partial charge >= 0.3 is 0 Å². The van der Waals surface area contributed by atoms with Crippen LogP contribution in [0.25, 0.3) is 0 Å². The minimum Gasteiger partial charge on any atom is -0.506 e. The second-order valence-electron chi connectivity index (χ2n) is 4.86. The van der Waals surface area contributed by atoms with Crippen molar-refractivity contribution < 1.29 is 14.7 Å². The van der Waals surface area contributed by atoms with Crippen LogP contribution in [0.2, 0.25) is 5.02 Å². The summed E-state index contributed by atoms with van der Waals surface area (Å²) in [5.41, 5.74) is 3.45. The Morgan fingerprint density at radius 2 is 1.72 bits per heavy atom. The number of nitrogens with zero attached hydrogens (tertiary/aromatic N) is 1. The van der Waals surface area contributed by atoms with Gasteiger partial charge in [0.1, 0.15) is 12.2 Å². The molecule has 2 amide bonds. The number of phenols is 1. The van der Waals surface area contributed by atoms with Crippen LogP contribution in [0.5, 0.6) is 5.75 Å². The molecule has 0 saturated heterocycles. The maximum absolute atomic E-state index is 11.8. The Morgan fingerprint density at radius 1 is 1.12 bits per heavy atom. The molecule has 6 nitrogen and oxygen atoms in total. The zero-order chi connectivity index (χ0) is 18.4. The maximum atomic E-state index is 11.8. The smallest absolute Gasteiger partial charge is 0.249 e. The molecule has 0 radical (unpaired) electrons. The van der Waals surface area contributed by atoms with Crippen LogP contribution >= 0.6 is 43.5 Å². The molecule has 130 valence electrons. The van der Waals surface area contributed by atoms with Crippen molar-refractivity contribution in [2.24, 2.45) is 5.10 Å². The largest absolute Gasteiger partial charge is 0.506 e. The maximum Gasteiger partial charge on any atom is 0.249 e. The van der Waals surface area contributed by atoms with E-state index in [1.807, 2.05) is 0 Å². The fourth-order valence-corrected chi connectivity index (χ4v) is 3.11.